The summed E-state index contributed by atoms with van der Waals surface area (Å²) in [5.41, 5.74) is 3.21. The Morgan fingerprint density at radius 3 is 2.41 bits per heavy atom. The SMILES string of the molecule is Cc1ccc(C(=O)NCC(C)CCN2C3CCC2CC(Cc2ccc(Cl)c(Cl)c2)C3)cc1. The zero-order chi connectivity index (χ0) is 22.7. The Morgan fingerprint density at radius 2 is 1.75 bits per heavy atom. The number of hydrogen-bond acceptors (Lipinski definition) is 2. The lowest BCUT2D eigenvalue weighted by molar-refractivity contribution is 0.0916. The summed E-state index contributed by atoms with van der Waals surface area (Å²) in [7, 11) is 0. The molecule has 2 heterocycles. The molecule has 4 rings (SSSR count). The Morgan fingerprint density at radius 1 is 1.06 bits per heavy atom. The molecule has 2 aromatic carbocycles. The number of piperidine rings is 1. The third-order valence-electron chi connectivity index (χ3n) is 7.30. The molecule has 2 saturated heterocycles. The van der Waals surface area contributed by atoms with Crippen LogP contribution in [0.25, 0.3) is 0 Å². The third-order valence-corrected chi connectivity index (χ3v) is 8.03. The molecule has 0 saturated carbocycles. The molecule has 3 atom stereocenters. The van der Waals surface area contributed by atoms with Crippen LogP contribution in [0.3, 0.4) is 0 Å². The molecule has 2 aliphatic rings. The fourth-order valence-corrected chi connectivity index (χ4v) is 5.78. The van der Waals surface area contributed by atoms with Crippen molar-refractivity contribution < 1.29 is 4.79 Å². The van der Waals surface area contributed by atoms with Crippen LogP contribution >= 0.6 is 23.2 Å². The van der Waals surface area contributed by atoms with E-state index in [0.717, 1.165) is 37.4 Å². The minimum Gasteiger partial charge on any atom is -0.352 e. The highest BCUT2D eigenvalue weighted by Gasteiger charge is 2.40. The number of nitrogens with one attached hydrogen (secondary N) is 1. The molecule has 2 aliphatic heterocycles. The monoisotopic (exact) mass is 472 g/mol. The highest BCUT2D eigenvalue weighted by Crippen LogP contribution is 2.40. The van der Waals surface area contributed by atoms with Crippen molar-refractivity contribution in [1.29, 1.82) is 0 Å². The van der Waals surface area contributed by atoms with E-state index in [4.69, 9.17) is 23.2 Å². The first-order chi connectivity index (χ1) is 15.4. The molecule has 32 heavy (non-hydrogen) atoms. The van der Waals surface area contributed by atoms with Gasteiger partial charge in [0.05, 0.1) is 10.0 Å². The number of aryl methyl sites for hydroxylation is 1. The average molecular weight is 473 g/mol. The Bertz CT molecular complexity index is 916. The third kappa shape index (κ3) is 5.87. The number of rotatable bonds is 8. The molecule has 1 amide bonds. The van der Waals surface area contributed by atoms with Crippen molar-refractivity contribution in [3.8, 4) is 0 Å². The van der Waals surface area contributed by atoms with Gasteiger partial charge in [-0.15, -0.1) is 0 Å². The van der Waals surface area contributed by atoms with Gasteiger partial charge in [-0.25, -0.2) is 0 Å². The summed E-state index contributed by atoms with van der Waals surface area (Å²) < 4.78 is 0. The molecule has 3 unspecified atom stereocenters. The molecule has 172 valence electrons. The van der Waals surface area contributed by atoms with E-state index in [-0.39, 0.29) is 5.91 Å². The quantitative estimate of drug-likeness (QED) is 0.472. The Labute approximate surface area is 202 Å². The van der Waals surface area contributed by atoms with Gasteiger partial charge in [0.2, 0.25) is 0 Å². The van der Waals surface area contributed by atoms with Gasteiger partial charge in [0.15, 0.2) is 0 Å². The topological polar surface area (TPSA) is 32.3 Å². The standard InChI is InChI=1S/C27H34Cl2N2O/c1-18-3-6-22(7-4-18)27(32)30-17-19(2)11-12-31-23-8-9-24(31)15-21(14-23)13-20-5-10-25(28)26(29)16-20/h3-7,10,16,19,21,23-24H,8-9,11-15,17H2,1-2H3,(H,30,32). The van der Waals surface area contributed by atoms with Gasteiger partial charge in [0, 0.05) is 24.2 Å². The van der Waals surface area contributed by atoms with E-state index in [1.54, 1.807) is 0 Å². The second-order valence-corrected chi connectivity index (χ2v) is 10.7. The van der Waals surface area contributed by atoms with E-state index >= 15 is 0 Å². The summed E-state index contributed by atoms with van der Waals surface area (Å²) in [6.07, 6.45) is 7.41. The van der Waals surface area contributed by atoms with Crippen LogP contribution < -0.4 is 5.32 Å². The predicted molar refractivity (Wildman–Crippen MR) is 134 cm³/mol. The maximum Gasteiger partial charge on any atom is 0.251 e. The summed E-state index contributed by atoms with van der Waals surface area (Å²) in [6, 6.07) is 15.2. The number of carbonyl (C=O) groups is 1. The normalized spacial score (nSPS) is 23.8. The Kier molecular flexibility index (Phi) is 7.81. The first-order valence-corrected chi connectivity index (χ1v) is 12.7. The molecule has 5 heteroatoms. The first-order valence-electron chi connectivity index (χ1n) is 11.9. The van der Waals surface area contributed by atoms with Crippen LogP contribution in [0.5, 0.6) is 0 Å². The number of fused-ring (bicyclic) bond motifs is 2. The van der Waals surface area contributed by atoms with Gasteiger partial charge >= 0.3 is 0 Å². The maximum absolute atomic E-state index is 12.4. The molecule has 2 fully saturated rings. The van der Waals surface area contributed by atoms with Crippen molar-refractivity contribution in [2.75, 3.05) is 13.1 Å². The largest absolute Gasteiger partial charge is 0.352 e. The number of halogens is 2. The van der Waals surface area contributed by atoms with Gasteiger partial charge in [-0.1, -0.05) is 53.9 Å². The Balaban J connectivity index is 1.22. The van der Waals surface area contributed by atoms with E-state index in [1.165, 1.54) is 36.8 Å². The van der Waals surface area contributed by atoms with E-state index in [9.17, 15) is 4.79 Å². The summed E-state index contributed by atoms with van der Waals surface area (Å²) >= 11 is 12.3. The lowest BCUT2D eigenvalue weighted by atomic mass is 9.85. The molecule has 2 aromatic rings. The molecular weight excluding hydrogens is 439 g/mol. The molecule has 0 spiro atoms. The maximum atomic E-state index is 12.4. The van der Waals surface area contributed by atoms with E-state index in [1.807, 2.05) is 43.3 Å². The second-order valence-electron chi connectivity index (χ2n) is 9.88. The van der Waals surface area contributed by atoms with Crippen LogP contribution in [0.15, 0.2) is 42.5 Å². The molecule has 0 aliphatic carbocycles. The fraction of sp³-hybridized carbons (Fsp3) is 0.519. The van der Waals surface area contributed by atoms with E-state index in [2.05, 4.69) is 23.2 Å². The lowest BCUT2D eigenvalue weighted by Crippen LogP contribution is -2.44. The summed E-state index contributed by atoms with van der Waals surface area (Å²) in [6.45, 7) is 6.15. The van der Waals surface area contributed by atoms with Crippen molar-refractivity contribution in [3.05, 3.63) is 69.2 Å². The average Bonchev–Trinajstić information content (AvgIpc) is 3.01. The minimum atomic E-state index is 0.0278. The van der Waals surface area contributed by atoms with Gasteiger partial charge in [-0.05, 0) is 93.7 Å². The fourth-order valence-electron chi connectivity index (χ4n) is 5.46. The lowest BCUT2D eigenvalue weighted by Gasteiger charge is -2.39. The zero-order valence-corrected chi connectivity index (χ0v) is 20.6. The van der Waals surface area contributed by atoms with Crippen molar-refractivity contribution in [2.45, 2.75) is 64.5 Å². The van der Waals surface area contributed by atoms with Gasteiger partial charge in [0.1, 0.15) is 0 Å². The van der Waals surface area contributed by atoms with Crippen molar-refractivity contribution in [3.63, 3.8) is 0 Å². The predicted octanol–water partition coefficient (Wildman–Crippen LogP) is 6.54. The zero-order valence-electron chi connectivity index (χ0n) is 19.1. The van der Waals surface area contributed by atoms with Crippen molar-refractivity contribution in [1.82, 2.24) is 10.2 Å². The molecule has 0 radical (unpaired) electrons. The summed E-state index contributed by atoms with van der Waals surface area (Å²) in [5, 5.41) is 4.40. The highest BCUT2D eigenvalue weighted by molar-refractivity contribution is 6.42. The van der Waals surface area contributed by atoms with Gasteiger partial charge in [-0.3, -0.25) is 9.69 Å². The minimum absolute atomic E-state index is 0.0278. The smallest absolute Gasteiger partial charge is 0.251 e. The van der Waals surface area contributed by atoms with Crippen molar-refractivity contribution in [2.24, 2.45) is 11.8 Å². The number of carbonyl (C=O) groups excluding carboxylic acids is 1. The molecule has 1 N–H and O–H groups in total. The van der Waals surface area contributed by atoms with Gasteiger partial charge in [-0.2, -0.15) is 0 Å². The highest BCUT2D eigenvalue weighted by atomic mass is 35.5. The summed E-state index contributed by atoms with van der Waals surface area (Å²) in [5.74, 6) is 1.23. The van der Waals surface area contributed by atoms with E-state index in [0.29, 0.717) is 28.0 Å². The van der Waals surface area contributed by atoms with Gasteiger partial charge in [0.25, 0.3) is 5.91 Å². The number of hydrogen-bond donors (Lipinski definition) is 1. The molecular formula is C27H34Cl2N2O. The van der Waals surface area contributed by atoms with Gasteiger partial charge < -0.3 is 5.32 Å². The van der Waals surface area contributed by atoms with Crippen LogP contribution in [0, 0.1) is 18.8 Å². The number of nitrogens with zero attached hydrogens (tertiary/aromatic N) is 1. The number of amides is 1. The van der Waals surface area contributed by atoms with E-state index < -0.39 is 0 Å². The molecule has 0 aromatic heterocycles. The number of benzene rings is 2. The van der Waals surface area contributed by atoms with Crippen molar-refractivity contribution >= 4 is 29.1 Å². The first kappa shape index (κ1) is 23.6. The Hall–Kier alpha value is -1.55. The molecule has 3 nitrogen and oxygen atoms in total. The van der Waals surface area contributed by atoms with Crippen LogP contribution in [0.1, 0.15) is 60.5 Å². The van der Waals surface area contributed by atoms with Crippen LogP contribution in [-0.2, 0) is 6.42 Å². The summed E-state index contributed by atoms with van der Waals surface area (Å²) in [4.78, 5) is 15.1. The second kappa shape index (κ2) is 10.6. The van der Waals surface area contributed by atoms with Crippen LogP contribution in [0.4, 0.5) is 0 Å². The molecule has 2 bridgehead atoms. The van der Waals surface area contributed by atoms with Crippen LogP contribution in [0.2, 0.25) is 10.0 Å². The van der Waals surface area contributed by atoms with Crippen LogP contribution in [-0.4, -0.2) is 36.0 Å².